The third-order valence-electron chi connectivity index (χ3n) is 4.62. The van der Waals surface area contributed by atoms with Crippen molar-refractivity contribution < 1.29 is 14.3 Å². The zero-order chi connectivity index (χ0) is 19.5. The molecule has 4 rings (SSSR count). The van der Waals surface area contributed by atoms with Crippen molar-refractivity contribution in [2.75, 3.05) is 31.6 Å². The Hall–Kier alpha value is -3.68. The number of ether oxygens (including phenoxy) is 1. The molecule has 3 heterocycles. The summed E-state index contributed by atoms with van der Waals surface area (Å²) in [4.78, 5) is 32.6. The van der Waals surface area contributed by atoms with Gasteiger partial charge in [0, 0.05) is 30.9 Å². The molecule has 1 aliphatic rings. The fraction of sp³-hybridized carbons (Fsp3) is 0.200. The number of aromatic nitrogens is 3. The molecular formula is C20H19N5O3. The number of aromatic amines is 1. The molecule has 8 heteroatoms. The fourth-order valence-electron chi connectivity index (χ4n) is 3.16. The first kappa shape index (κ1) is 17.7. The Balaban J connectivity index is 1.46. The number of nitrogens with zero attached hydrogens (tertiary/aromatic N) is 4. The fourth-order valence-corrected chi connectivity index (χ4v) is 3.16. The second-order valence-corrected chi connectivity index (χ2v) is 6.36. The zero-order valence-electron chi connectivity index (χ0n) is 15.3. The molecule has 28 heavy (non-hydrogen) atoms. The van der Waals surface area contributed by atoms with Crippen molar-refractivity contribution in [2.24, 2.45) is 0 Å². The smallest absolute Gasteiger partial charge is 0.272 e. The van der Waals surface area contributed by atoms with E-state index < -0.39 is 0 Å². The highest BCUT2D eigenvalue weighted by molar-refractivity contribution is 6.01. The van der Waals surface area contributed by atoms with E-state index in [1.807, 2.05) is 30.3 Å². The van der Waals surface area contributed by atoms with Gasteiger partial charge in [-0.2, -0.15) is 5.10 Å². The Kier molecular flexibility index (Phi) is 4.76. The molecule has 0 bridgehead atoms. The number of amides is 2. The van der Waals surface area contributed by atoms with Crippen molar-refractivity contribution in [3.63, 3.8) is 0 Å². The number of anilines is 1. The largest absolute Gasteiger partial charge is 0.481 e. The number of rotatable bonds is 4. The number of carbonyl (C=O) groups is 2. The summed E-state index contributed by atoms with van der Waals surface area (Å²) in [6, 6.07) is 14.8. The van der Waals surface area contributed by atoms with E-state index in [1.165, 1.54) is 12.0 Å². The number of methoxy groups -OCH3 is 1. The van der Waals surface area contributed by atoms with Crippen LogP contribution >= 0.6 is 0 Å². The molecule has 2 amide bonds. The van der Waals surface area contributed by atoms with Gasteiger partial charge in [-0.3, -0.25) is 14.7 Å². The van der Waals surface area contributed by atoms with Gasteiger partial charge in [-0.05, 0) is 12.1 Å². The van der Waals surface area contributed by atoms with Crippen molar-refractivity contribution >= 4 is 17.5 Å². The monoisotopic (exact) mass is 377 g/mol. The number of pyridine rings is 1. The van der Waals surface area contributed by atoms with E-state index in [4.69, 9.17) is 4.74 Å². The minimum absolute atomic E-state index is 0.00314. The average Bonchev–Trinajstić information content (AvgIpc) is 3.24. The first-order valence-electron chi connectivity index (χ1n) is 8.86. The number of hydrogen-bond donors (Lipinski definition) is 1. The van der Waals surface area contributed by atoms with Gasteiger partial charge in [0.05, 0.1) is 18.5 Å². The Morgan fingerprint density at radius 1 is 1.14 bits per heavy atom. The highest BCUT2D eigenvalue weighted by Gasteiger charge is 2.29. The first-order chi connectivity index (χ1) is 13.7. The third-order valence-corrected chi connectivity index (χ3v) is 4.62. The SMILES string of the molecule is COc1cc(N2CCN(C(=O)c3cc(-c4ccccc4)n[nH]3)CC2=O)ccn1. The van der Waals surface area contributed by atoms with Crippen molar-refractivity contribution in [2.45, 2.75) is 0 Å². The topological polar surface area (TPSA) is 91.4 Å². The lowest BCUT2D eigenvalue weighted by Gasteiger charge is -2.34. The van der Waals surface area contributed by atoms with Gasteiger partial charge in [0.1, 0.15) is 12.2 Å². The predicted molar refractivity (Wildman–Crippen MR) is 103 cm³/mol. The summed E-state index contributed by atoms with van der Waals surface area (Å²) in [6.45, 7) is 0.829. The van der Waals surface area contributed by atoms with E-state index in [0.29, 0.717) is 36.0 Å². The molecule has 0 aliphatic carbocycles. The van der Waals surface area contributed by atoms with E-state index in [2.05, 4.69) is 15.2 Å². The first-order valence-corrected chi connectivity index (χ1v) is 8.86. The van der Waals surface area contributed by atoms with Crippen molar-refractivity contribution in [1.29, 1.82) is 0 Å². The summed E-state index contributed by atoms with van der Waals surface area (Å²) in [6.07, 6.45) is 1.59. The number of nitrogens with one attached hydrogen (secondary N) is 1. The maximum Gasteiger partial charge on any atom is 0.272 e. The molecule has 8 nitrogen and oxygen atoms in total. The van der Waals surface area contributed by atoms with Crippen LogP contribution in [0.1, 0.15) is 10.5 Å². The summed E-state index contributed by atoms with van der Waals surface area (Å²) in [5, 5.41) is 7.00. The van der Waals surface area contributed by atoms with Crippen molar-refractivity contribution in [1.82, 2.24) is 20.1 Å². The van der Waals surface area contributed by atoms with Crippen LogP contribution < -0.4 is 9.64 Å². The van der Waals surface area contributed by atoms with Crippen LogP contribution in [-0.2, 0) is 4.79 Å². The van der Waals surface area contributed by atoms with E-state index in [1.54, 1.807) is 29.3 Å². The van der Waals surface area contributed by atoms with Crippen molar-refractivity contribution in [3.8, 4) is 17.1 Å². The van der Waals surface area contributed by atoms with Gasteiger partial charge in [0.2, 0.25) is 11.8 Å². The minimum atomic E-state index is -0.241. The van der Waals surface area contributed by atoms with Crippen LogP contribution in [-0.4, -0.2) is 58.6 Å². The lowest BCUT2D eigenvalue weighted by Crippen LogP contribution is -2.52. The normalized spacial score (nSPS) is 14.2. The summed E-state index contributed by atoms with van der Waals surface area (Å²) in [5.74, 6) is 0.0420. The summed E-state index contributed by atoms with van der Waals surface area (Å²) in [7, 11) is 1.53. The highest BCUT2D eigenvalue weighted by Crippen LogP contribution is 2.22. The van der Waals surface area contributed by atoms with Crippen LogP contribution in [0.5, 0.6) is 5.88 Å². The summed E-state index contributed by atoms with van der Waals surface area (Å²) >= 11 is 0. The van der Waals surface area contributed by atoms with Gasteiger partial charge in [-0.25, -0.2) is 4.98 Å². The lowest BCUT2D eigenvalue weighted by molar-refractivity contribution is -0.120. The quantitative estimate of drug-likeness (QED) is 0.751. The minimum Gasteiger partial charge on any atom is -0.481 e. The number of hydrogen-bond acceptors (Lipinski definition) is 5. The lowest BCUT2D eigenvalue weighted by atomic mass is 10.1. The molecule has 1 saturated heterocycles. The maximum atomic E-state index is 12.8. The second-order valence-electron chi connectivity index (χ2n) is 6.36. The molecule has 0 atom stereocenters. The maximum absolute atomic E-state index is 12.8. The van der Waals surface area contributed by atoms with Crippen LogP contribution in [0.25, 0.3) is 11.3 Å². The Morgan fingerprint density at radius 3 is 2.71 bits per heavy atom. The number of benzene rings is 1. The van der Waals surface area contributed by atoms with Gasteiger partial charge >= 0.3 is 0 Å². The van der Waals surface area contributed by atoms with Gasteiger partial charge in [-0.15, -0.1) is 0 Å². The van der Waals surface area contributed by atoms with Crippen LogP contribution in [0.2, 0.25) is 0 Å². The Bertz CT molecular complexity index is 1000. The molecular weight excluding hydrogens is 358 g/mol. The second kappa shape index (κ2) is 7.51. The molecule has 0 unspecified atom stereocenters. The molecule has 1 aromatic carbocycles. The third kappa shape index (κ3) is 3.44. The number of H-pyrrole nitrogens is 1. The molecule has 0 radical (unpaired) electrons. The molecule has 0 spiro atoms. The summed E-state index contributed by atoms with van der Waals surface area (Å²) < 4.78 is 5.11. The highest BCUT2D eigenvalue weighted by atomic mass is 16.5. The standard InChI is InChI=1S/C20H19N5O3/c1-28-18-11-15(7-8-21-18)25-10-9-24(13-19(25)26)20(27)17-12-16(22-23-17)14-5-3-2-4-6-14/h2-8,11-12H,9-10,13H2,1H3,(H,22,23). The molecule has 1 N–H and O–H groups in total. The molecule has 3 aromatic rings. The Morgan fingerprint density at radius 2 is 1.96 bits per heavy atom. The van der Waals surface area contributed by atoms with Gasteiger partial charge in [-0.1, -0.05) is 30.3 Å². The van der Waals surface area contributed by atoms with Crippen LogP contribution in [0.3, 0.4) is 0 Å². The van der Waals surface area contributed by atoms with Crippen LogP contribution in [0.4, 0.5) is 5.69 Å². The predicted octanol–water partition coefficient (Wildman–Crippen LogP) is 1.97. The number of carbonyl (C=O) groups excluding carboxylic acids is 2. The van der Waals surface area contributed by atoms with E-state index in [0.717, 1.165) is 5.56 Å². The van der Waals surface area contributed by atoms with Crippen molar-refractivity contribution in [3.05, 3.63) is 60.4 Å². The summed E-state index contributed by atoms with van der Waals surface area (Å²) in [5.41, 5.74) is 2.69. The van der Waals surface area contributed by atoms with E-state index in [9.17, 15) is 9.59 Å². The van der Waals surface area contributed by atoms with Gasteiger partial charge < -0.3 is 14.5 Å². The molecule has 1 fully saturated rings. The Labute approximate surface area is 161 Å². The van der Waals surface area contributed by atoms with E-state index >= 15 is 0 Å². The molecule has 1 aliphatic heterocycles. The molecule has 142 valence electrons. The van der Waals surface area contributed by atoms with Gasteiger partial charge in [0.25, 0.3) is 5.91 Å². The van der Waals surface area contributed by atoms with E-state index in [-0.39, 0.29) is 18.4 Å². The van der Waals surface area contributed by atoms with Gasteiger partial charge in [0.15, 0.2) is 0 Å². The number of piperazine rings is 1. The zero-order valence-corrected chi connectivity index (χ0v) is 15.3. The van der Waals surface area contributed by atoms with Crippen LogP contribution in [0, 0.1) is 0 Å². The molecule has 0 saturated carbocycles. The van der Waals surface area contributed by atoms with Crippen LogP contribution in [0.15, 0.2) is 54.7 Å². The molecule has 2 aromatic heterocycles. The average molecular weight is 377 g/mol.